The van der Waals surface area contributed by atoms with Gasteiger partial charge >= 0.3 is 6.03 Å². The summed E-state index contributed by atoms with van der Waals surface area (Å²) in [6.45, 7) is 11.1. The molecule has 1 spiro atoms. The van der Waals surface area contributed by atoms with Crippen LogP contribution in [-0.2, 0) is 11.3 Å². The van der Waals surface area contributed by atoms with Gasteiger partial charge in [-0.3, -0.25) is 14.7 Å². The number of urea groups is 1. The number of imide groups is 1. The van der Waals surface area contributed by atoms with E-state index in [2.05, 4.69) is 37.6 Å². The third-order valence-electron chi connectivity index (χ3n) is 5.57. The smallest absolute Gasteiger partial charge is 0.309 e. The standard InChI is InChI=1S/C20H30N4O2/c1-15(2)13-24-19(26)23(14-17-7-5-6-10-21-17)18(25)20(24)8-11-22(12-9-20)16(3)4/h5-7,10,15-16H,8-9,11-14H2,1-4H3. The predicted molar refractivity (Wildman–Crippen MR) is 100 cm³/mol. The van der Waals surface area contributed by atoms with E-state index in [1.54, 1.807) is 6.20 Å². The molecule has 0 unspecified atom stereocenters. The summed E-state index contributed by atoms with van der Waals surface area (Å²) in [5.41, 5.74) is 0.0667. The Morgan fingerprint density at radius 3 is 2.35 bits per heavy atom. The Kier molecular flexibility index (Phi) is 5.32. The van der Waals surface area contributed by atoms with Gasteiger partial charge in [0.05, 0.1) is 12.2 Å². The molecular weight excluding hydrogens is 328 g/mol. The number of carbonyl (C=O) groups excluding carboxylic acids is 2. The monoisotopic (exact) mass is 358 g/mol. The molecule has 0 saturated carbocycles. The van der Waals surface area contributed by atoms with Gasteiger partial charge in [-0.1, -0.05) is 19.9 Å². The van der Waals surface area contributed by atoms with Crippen LogP contribution in [0.15, 0.2) is 24.4 Å². The van der Waals surface area contributed by atoms with Crippen LogP contribution in [0.4, 0.5) is 4.79 Å². The molecule has 2 saturated heterocycles. The summed E-state index contributed by atoms with van der Waals surface area (Å²) in [7, 11) is 0. The Bertz CT molecular complexity index is 651. The van der Waals surface area contributed by atoms with Crippen molar-refractivity contribution in [2.24, 2.45) is 5.92 Å². The third-order valence-corrected chi connectivity index (χ3v) is 5.57. The van der Waals surface area contributed by atoms with E-state index < -0.39 is 5.54 Å². The van der Waals surface area contributed by atoms with Crippen LogP contribution in [0.25, 0.3) is 0 Å². The number of pyridine rings is 1. The SMILES string of the molecule is CC(C)CN1C(=O)N(Cc2ccccn2)C(=O)C12CCN(C(C)C)CC2. The lowest BCUT2D eigenvalue weighted by Gasteiger charge is -2.44. The Hall–Kier alpha value is -1.95. The lowest BCUT2D eigenvalue weighted by molar-refractivity contribution is -0.136. The van der Waals surface area contributed by atoms with Gasteiger partial charge in [0.1, 0.15) is 5.54 Å². The average molecular weight is 358 g/mol. The number of hydrogen-bond donors (Lipinski definition) is 0. The Balaban J connectivity index is 1.86. The lowest BCUT2D eigenvalue weighted by atomic mass is 9.85. The van der Waals surface area contributed by atoms with Crippen molar-refractivity contribution < 1.29 is 9.59 Å². The average Bonchev–Trinajstić information content (AvgIpc) is 2.79. The molecule has 0 bridgehead atoms. The normalized spacial score (nSPS) is 20.8. The first-order valence-electron chi connectivity index (χ1n) is 9.62. The van der Waals surface area contributed by atoms with E-state index in [4.69, 9.17) is 0 Å². The first-order valence-corrected chi connectivity index (χ1v) is 9.62. The summed E-state index contributed by atoms with van der Waals surface area (Å²) in [5, 5.41) is 0. The molecule has 2 aliphatic rings. The summed E-state index contributed by atoms with van der Waals surface area (Å²) in [6, 6.07) is 5.89. The lowest BCUT2D eigenvalue weighted by Crippen LogP contribution is -2.58. The number of amides is 3. The number of hydrogen-bond acceptors (Lipinski definition) is 4. The topological polar surface area (TPSA) is 56.8 Å². The highest BCUT2D eigenvalue weighted by atomic mass is 16.2. The van der Waals surface area contributed by atoms with Crippen molar-refractivity contribution in [3.8, 4) is 0 Å². The van der Waals surface area contributed by atoms with Crippen LogP contribution in [0.3, 0.4) is 0 Å². The number of carbonyl (C=O) groups is 2. The zero-order valence-corrected chi connectivity index (χ0v) is 16.3. The second-order valence-corrected chi connectivity index (χ2v) is 8.16. The minimum absolute atomic E-state index is 0.0443. The summed E-state index contributed by atoms with van der Waals surface area (Å²) in [6.07, 6.45) is 3.12. The zero-order chi connectivity index (χ0) is 18.9. The van der Waals surface area contributed by atoms with Gasteiger partial charge in [0.2, 0.25) is 0 Å². The Labute approximate surface area is 156 Å². The van der Waals surface area contributed by atoms with Gasteiger partial charge in [-0.15, -0.1) is 0 Å². The molecule has 3 amide bonds. The summed E-state index contributed by atoms with van der Waals surface area (Å²) < 4.78 is 0. The largest absolute Gasteiger partial charge is 0.328 e. The van der Waals surface area contributed by atoms with Crippen LogP contribution in [0, 0.1) is 5.92 Å². The van der Waals surface area contributed by atoms with Crippen molar-refractivity contribution in [3.05, 3.63) is 30.1 Å². The van der Waals surface area contributed by atoms with E-state index in [1.165, 1.54) is 4.90 Å². The first-order chi connectivity index (χ1) is 12.3. The number of piperidine rings is 1. The molecule has 6 nitrogen and oxygen atoms in total. The van der Waals surface area contributed by atoms with Gasteiger partial charge < -0.3 is 9.80 Å². The van der Waals surface area contributed by atoms with Crippen LogP contribution >= 0.6 is 0 Å². The molecule has 0 N–H and O–H groups in total. The maximum Gasteiger partial charge on any atom is 0.328 e. The van der Waals surface area contributed by atoms with Crippen molar-refractivity contribution in [2.75, 3.05) is 19.6 Å². The van der Waals surface area contributed by atoms with Gasteiger partial charge in [-0.05, 0) is 44.7 Å². The number of aromatic nitrogens is 1. The molecule has 0 atom stereocenters. The van der Waals surface area contributed by atoms with E-state index in [1.807, 2.05) is 23.1 Å². The quantitative estimate of drug-likeness (QED) is 0.760. The van der Waals surface area contributed by atoms with Gasteiger partial charge in [0.15, 0.2) is 0 Å². The Morgan fingerprint density at radius 1 is 1.12 bits per heavy atom. The molecule has 0 aliphatic carbocycles. The molecule has 3 rings (SSSR count). The van der Waals surface area contributed by atoms with E-state index in [9.17, 15) is 9.59 Å². The molecule has 26 heavy (non-hydrogen) atoms. The molecule has 0 aromatic carbocycles. The fourth-order valence-electron chi connectivity index (χ4n) is 4.09. The maximum absolute atomic E-state index is 13.4. The minimum Gasteiger partial charge on any atom is -0.309 e. The molecule has 1 aromatic heterocycles. The highest BCUT2D eigenvalue weighted by molar-refractivity contribution is 6.07. The van der Waals surface area contributed by atoms with Crippen molar-refractivity contribution in [2.45, 2.75) is 58.7 Å². The van der Waals surface area contributed by atoms with Gasteiger partial charge in [0, 0.05) is 31.9 Å². The second-order valence-electron chi connectivity index (χ2n) is 8.16. The second kappa shape index (κ2) is 7.35. The van der Waals surface area contributed by atoms with E-state index >= 15 is 0 Å². The minimum atomic E-state index is -0.679. The van der Waals surface area contributed by atoms with Crippen molar-refractivity contribution in [1.29, 1.82) is 0 Å². The van der Waals surface area contributed by atoms with E-state index in [-0.39, 0.29) is 18.5 Å². The van der Waals surface area contributed by atoms with Crippen LogP contribution in [0.2, 0.25) is 0 Å². The van der Waals surface area contributed by atoms with Gasteiger partial charge in [-0.25, -0.2) is 4.79 Å². The molecule has 3 heterocycles. The molecule has 2 aliphatic heterocycles. The Morgan fingerprint density at radius 2 is 1.81 bits per heavy atom. The van der Waals surface area contributed by atoms with Gasteiger partial charge in [-0.2, -0.15) is 0 Å². The fraction of sp³-hybridized carbons (Fsp3) is 0.650. The molecule has 142 valence electrons. The van der Waals surface area contributed by atoms with E-state index in [0.29, 0.717) is 31.3 Å². The third kappa shape index (κ3) is 3.34. The number of nitrogens with zero attached hydrogens (tertiary/aromatic N) is 4. The van der Waals surface area contributed by atoms with Crippen LogP contribution in [0.5, 0.6) is 0 Å². The molecule has 0 radical (unpaired) electrons. The highest BCUT2D eigenvalue weighted by Gasteiger charge is 2.57. The molecule has 6 heteroatoms. The molecular formula is C20H30N4O2. The van der Waals surface area contributed by atoms with Crippen molar-refractivity contribution in [1.82, 2.24) is 19.7 Å². The maximum atomic E-state index is 13.4. The van der Waals surface area contributed by atoms with Crippen LogP contribution in [-0.4, -0.2) is 62.8 Å². The fourth-order valence-corrected chi connectivity index (χ4v) is 4.09. The molecule has 1 aromatic rings. The van der Waals surface area contributed by atoms with Crippen molar-refractivity contribution >= 4 is 11.9 Å². The molecule has 2 fully saturated rings. The van der Waals surface area contributed by atoms with Crippen molar-refractivity contribution in [3.63, 3.8) is 0 Å². The summed E-state index contributed by atoms with van der Waals surface area (Å²) in [4.78, 5) is 36.5. The first kappa shape index (κ1) is 18.8. The van der Waals surface area contributed by atoms with Crippen LogP contribution in [0.1, 0.15) is 46.2 Å². The predicted octanol–water partition coefficient (Wildman–Crippen LogP) is 2.74. The summed E-state index contributed by atoms with van der Waals surface area (Å²) >= 11 is 0. The number of likely N-dealkylation sites (tertiary alicyclic amines) is 1. The number of rotatable bonds is 5. The van der Waals surface area contributed by atoms with Crippen LogP contribution < -0.4 is 0 Å². The van der Waals surface area contributed by atoms with E-state index in [0.717, 1.165) is 18.8 Å². The zero-order valence-electron chi connectivity index (χ0n) is 16.3. The van der Waals surface area contributed by atoms with Gasteiger partial charge in [0.25, 0.3) is 5.91 Å². The highest BCUT2D eigenvalue weighted by Crippen LogP contribution is 2.38. The summed E-state index contributed by atoms with van der Waals surface area (Å²) in [5.74, 6) is 0.277.